The third-order valence-electron chi connectivity index (χ3n) is 1.95. The summed E-state index contributed by atoms with van der Waals surface area (Å²) in [6.45, 7) is 4.23. The Kier molecular flexibility index (Phi) is 10.2. The van der Waals surface area contributed by atoms with Gasteiger partial charge in [-0.1, -0.05) is 0 Å². The summed E-state index contributed by atoms with van der Waals surface area (Å²) in [7, 11) is -3.33. The summed E-state index contributed by atoms with van der Waals surface area (Å²) in [5.41, 5.74) is 5.43. The maximum Gasteiger partial charge on any atom is 0.334 e. The van der Waals surface area contributed by atoms with E-state index in [4.69, 9.17) is 29.5 Å². The zero-order chi connectivity index (χ0) is 13.9. The van der Waals surface area contributed by atoms with E-state index in [0.29, 0.717) is 13.2 Å². The molecule has 106 valence electrons. The van der Waals surface area contributed by atoms with Crippen LogP contribution in [0.15, 0.2) is 0 Å². The number of nitriles is 1. The molecule has 0 aliphatic rings. The Hall–Kier alpha value is -0.480. The zero-order valence-corrected chi connectivity index (χ0v) is 11.7. The van der Waals surface area contributed by atoms with Gasteiger partial charge >= 0.3 is 7.60 Å². The summed E-state index contributed by atoms with van der Waals surface area (Å²) >= 11 is 0. The maximum atomic E-state index is 12.2. The van der Waals surface area contributed by atoms with Gasteiger partial charge in [-0.3, -0.25) is 13.6 Å². The third kappa shape index (κ3) is 8.59. The minimum atomic E-state index is -3.33. The first-order valence-corrected chi connectivity index (χ1v) is 7.49. The van der Waals surface area contributed by atoms with E-state index in [1.54, 1.807) is 13.8 Å². The Balaban J connectivity index is 4.21. The Morgan fingerprint density at radius 1 is 1.22 bits per heavy atom. The molecule has 0 aromatic rings. The second-order valence-corrected chi connectivity index (χ2v) is 5.52. The third-order valence-corrected chi connectivity index (χ3v) is 3.76. The number of hydrogen-bond acceptors (Lipinski definition) is 7. The van der Waals surface area contributed by atoms with Crippen LogP contribution in [0.2, 0.25) is 0 Å². The van der Waals surface area contributed by atoms with Gasteiger partial charge in [-0.2, -0.15) is 5.26 Å². The lowest BCUT2D eigenvalue weighted by molar-refractivity contribution is -0.0194. The van der Waals surface area contributed by atoms with E-state index in [0.717, 1.165) is 0 Å². The molecule has 0 aliphatic carbocycles. The molecule has 0 saturated carbocycles. The van der Waals surface area contributed by atoms with Crippen LogP contribution in [0.5, 0.6) is 0 Å². The van der Waals surface area contributed by atoms with Gasteiger partial charge in [0.15, 0.2) is 13.6 Å². The molecule has 0 aliphatic heterocycles. The fourth-order valence-corrected chi connectivity index (χ4v) is 2.33. The fraction of sp³-hybridized carbons (Fsp3) is 0.900. The first-order chi connectivity index (χ1) is 8.58. The predicted molar refractivity (Wildman–Crippen MR) is 65.8 cm³/mol. The summed E-state index contributed by atoms with van der Waals surface area (Å²) in [5.74, 6) is 0. The monoisotopic (exact) mass is 280 g/mol. The van der Waals surface area contributed by atoms with E-state index in [2.05, 4.69) is 0 Å². The van der Waals surface area contributed by atoms with Gasteiger partial charge in [0.25, 0.3) is 0 Å². The first kappa shape index (κ1) is 17.5. The minimum absolute atomic E-state index is 0.0574. The summed E-state index contributed by atoms with van der Waals surface area (Å²) < 4.78 is 32.3. The average Bonchev–Trinajstić information content (AvgIpc) is 2.37. The molecule has 0 bridgehead atoms. The fourth-order valence-electron chi connectivity index (χ4n) is 0.930. The smallest absolute Gasteiger partial charge is 0.334 e. The van der Waals surface area contributed by atoms with E-state index in [-0.39, 0.29) is 26.2 Å². The summed E-state index contributed by atoms with van der Waals surface area (Å²) in [6.07, 6.45) is 0.286. The molecule has 7 nitrogen and oxygen atoms in total. The lowest BCUT2D eigenvalue weighted by Gasteiger charge is -2.18. The van der Waals surface area contributed by atoms with Crippen LogP contribution in [0, 0.1) is 11.3 Å². The van der Waals surface area contributed by atoms with E-state index >= 15 is 0 Å². The number of ether oxygens (including phenoxy) is 2. The van der Waals surface area contributed by atoms with Crippen molar-refractivity contribution in [3.05, 3.63) is 0 Å². The van der Waals surface area contributed by atoms with Crippen molar-refractivity contribution in [1.82, 2.24) is 0 Å². The van der Waals surface area contributed by atoms with Gasteiger partial charge in [0.05, 0.1) is 18.3 Å². The lowest BCUT2D eigenvalue weighted by atomic mass is 10.3. The van der Waals surface area contributed by atoms with Crippen LogP contribution in [-0.4, -0.2) is 39.0 Å². The number of hydrogen-bond donors (Lipinski definition) is 1. The van der Waals surface area contributed by atoms with Gasteiger partial charge < -0.3 is 15.2 Å². The Morgan fingerprint density at radius 3 is 2.11 bits per heavy atom. The van der Waals surface area contributed by atoms with Crippen molar-refractivity contribution in [3.63, 3.8) is 0 Å². The highest BCUT2D eigenvalue weighted by Gasteiger charge is 2.25. The minimum Gasteiger partial charge on any atom is -0.355 e. The Labute approximate surface area is 108 Å². The topological polar surface area (TPSA) is 104 Å². The van der Waals surface area contributed by atoms with E-state index in [1.807, 2.05) is 6.07 Å². The van der Waals surface area contributed by atoms with Crippen molar-refractivity contribution in [1.29, 1.82) is 5.26 Å². The van der Waals surface area contributed by atoms with Crippen molar-refractivity contribution < 1.29 is 23.1 Å². The molecule has 0 heterocycles. The Bertz CT molecular complexity index is 280. The SMILES string of the molecule is CCOCOP(=O)(CCC(N)C#N)OCOCC. The van der Waals surface area contributed by atoms with Gasteiger partial charge in [0, 0.05) is 13.2 Å². The zero-order valence-electron chi connectivity index (χ0n) is 10.8. The van der Waals surface area contributed by atoms with Gasteiger partial charge in [-0.25, -0.2) is 0 Å². The van der Waals surface area contributed by atoms with E-state index in [9.17, 15) is 4.57 Å². The Morgan fingerprint density at radius 2 is 1.72 bits per heavy atom. The van der Waals surface area contributed by atoms with Gasteiger partial charge in [-0.15, -0.1) is 0 Å². The summed E-state index contributed by atoms with van der Waals surface area (Å²) in [6, 6.07) is 1.17. The number of rotatable bonds is 11. The number of nitrogens with zero attached hydrogens (tertiary/aromatic N) is 1. The molecule has 2 N–H and O–H groups in total. The van der Waals surface area contributed by atoms with E-state index < -0.39 is 13.6 Å². The highest BCUT2D eigenvalue weighted by molar-refractivity contribution is 7.53. The largest absolute Gasteiger partial charge is 0.355 e. The molecule has 18 heavy (non-hydrogen) atoms. The first-order valence-electron chi connectivity index (χ1n) is 5.76. The highest BCUT2D eigenvalue weighted by Crippen LogP contribution is 2.48. The van der Waals surface area contributed by atoms with Gasteiger partial charge in [0.2, 0.25) is 0 Å². The van der Waals surface area contributed by atoms with Crippen molar-refractivity contribution in [3.8, 4) is 6.07 Å². The molecular formula is C10H21N2O5P. The maximum absolute atomic E-state index is 12.2. The van der Waals surface area contributed by atoms with Crippen molar-refractivity contribution in [2.45, 2.75) is 26.3 Å². The molecule has 0 aromatic heterocycles. The van der Waals surface area contributed by atoms with Crippen molar-refractivity contribution in [2.24, 2.45) is 5.73 Å². The molecule has 0 rings (SSSR count). The van der Waals surface area contributed by atoms with Crippen LogP contribution in [0.25, 0.3) is 0 Å². The molecule has 1 unspecified atom stereocenters. The standard InChI is InChI=1S/C10H21N2O5P/c1-3-14-8-16-18(13,17-9-15-4-2)6-5-10(12)7-11/h10H,3-6,8-9,12H2,1-2H3. The van der Waals surface area contributed by atoms with Crippen LogP contribution in [-0.2, 0) is 23.1 Å². The molecule has 0 radical (unpaired) electrons. The van der Waals surface area contributed by atoms with Crippen LogP contribution in [0.4, 0.5) is 0 Å². The van der Waals surface area contributed by atoms with Gasteiger partial charge in [-0.05, 0) is 20.3 Å². The quantitative estimate of drug-likeness (QED) is 0.347. The molecule has 0 fully saturated rings. The van der Waals surface area contributed by atoms with Crippen LogP contribution >= 0.6 is 7.60 Å². The molecule has 0 saturated heterocycles. The lowest BCUT2D eigenvalue weighted by Crippen LogP contribution is -2.19. The van der Waals surface area contributed by atoms with Crippen LogP contribution in [0.3, 0.4) is 0 Å². The molecule has 8 heteroatoms. The summed E-state index contributed by atoms with van der Waals surface area (Å²) in [5, 5.41) is 8.56. The van der Waals surface area contributed by atoms with Gasteiger partial charge in [0.1, 0.15) is 0 Å². The van der Waals surface area contributed by atoms with Crippen LogP contribution < -0.4 is 5.73 Å². The molecule has 0 aromatic carbocycles. The molecule has 0 spiro atoms. The van der Waals surface area contributed by atoms with Crippen molar-refractivity contribution >= 4 is 7.60 Å². The highest BCUT2D eigenvalue weighted by atomic mass is 31.2. The predicted octanol–water partition coefficient (Wildman–Crippen LogP) is 1.44. The molecular weight excluding hydrogens is 259 g/mol. The second-order valence-electron chi connectivity index (χ2n) is 3.34. The second kappa shape index (κ2) is 10.4. The summed E-state index contributed by atoms with van der Waals surface area (Å²) in [4.78, 5) is 0. The number of nitrogens with two attached hydrogens (primary N) is 1. The molecule has 0 amide bonds. The van der Waals surface area contributed by atoms with E-state index in [1.165, 1.54) is 0 Å². The van der Waals surface area contributed by atoms with Crippen LogP contribution in [0.1, 0.15) is 20.3 Å². The normalized spacial score (nSPS) is 13.2. The molecule has 1 atom stereocenters. The van der Waals surface area contributed by atoms with Crippen molar-refractivity contribution in [2.75, 3.05) is 33.0 Å². The average molecular weight is 280 g/mol.